The minimum atomic E-state index is -0.345. The van der Waals surface area contributed by atoms with Crippen LogP contribution in [0.4, 0.5) is 0 Å². The lowest BCUT2D eigenvalue weighted by molar-refractivity contribution is -0.121. The second-order valence-electron chi connectivity index (χ2n) is 6.93. The maximum absolute atomic E-state index is 12.8. The number of carbonyl (C=O) groups excluding carboxylic acids is 3. The summed E-state index contributed by atoms with van der Waals surface area (Å²) in [7, 11) is 0. The van der Waals surface area contributed by atoms with Gasteiger partial charge in [0.1, 0.15) is 5.78 Å². The van der Waals surface area contributed by atoms with Gasteiger partial charge >= 0.3 is 0 Å². The number of Topliss-reactive ketones (excluding diaryl/α,β-unsaturated/α-hetero) is 1. The van der Waals surface area contributed by atoms with Crippen molar-refractivity contribution in [3.05, 3.63) is 71.3 Å². The number of amides is 2. The maximum Gasteiger partial charge on any atom is 0.261 e. The summed E-state index contributed by atoms with van der Waals surface area (Å²) in [6.07, 6.45) is 2.34. The summed E-state index contributed by atoms with van der Waals surface area (Å²) < 4.78 is 0. The third-order valence-corrected chi connectivity index (χ3v) is 5.49. The molecule has 0 radical (unpaired) electrons. The number of hydrogen-bond acceptors (Lipinski definition) is 3. The molecule has 1 aliphatic carbocycles. The molecule has 1 aliphatic heterocycles. The molecule has 0 aromatic heterocycles. The Kier molecular flexibility index (Phi) is 3.75. The molecule has 1 heterocycles. The van der Waals surface area contributed by atoms with Gasteiger partial charge < -0.3 is 0 Å². The van der Waals surface area contributed by atoms with Gasteiger partial charge in [-0.05, 0) is 30.5 Å². The lowest BCUT2D eigenvalue weighted by Gasteiger charge is -2.39. The summed E-state index contributed by atoms with van der Waals surface area (Å²) in [6, 6.07) is 16.9. The van der Waals surface area contributed by atoms with Crippen LogP contribution in [0.1, 0.15) is 52.0 Å². The summed E-state index contributed by atoms with van der Waals surface area (Å²) in [6.45, 7) is 0.330. The first-order chi connectivity index (χ1) is 12.1. The van der Waals surface area contributed by atoms with E-state index < -0.39 is 0 Å². The van der Waals surface area contributed by atoms with Crippen LogP contribution in [-0.2, 0) is 10.2 Å². The largest absolute Gasteiger partial charge is 0.300 e. The molecule has 0 spiro atoms. The number of rotatable bonds is 3. The fraction of sp³-hybridized carbons (Fsp3) is 0.286. The van der Waals surface area contributed by atoms with Gasteiger partial charge in [0.25, 0.3) is 11.8 Å². The summed E-state index contributed by atoms with van der Waals surface area (Å²) in [4.78, 5) is 38.7. The van der Waals surface area contributed by atoms with Crippen molar-refractivity contribution in [3.8, 4) is 0 Å². The molecule has 1 saturated carbocycles. The molecule has 0 atom stereocenters. The highest BCUT2D eigenvalue weighted by atomic mass is 16.2. The normalized spacial score (nSPS) is 19.2. The van der Waals surface area contributed by atoms with Crippen LogP contribution in [0.5, 0.6) is 0 Å². The Morgan fingerprint density at radius 3 is 1.84 bits per heavy atom. The molecule has 1 fully saturated rings. The highest BCUT2D eigenvalue weighted by Gasteiger charge is 2.44. The van der Waals surface area contributed by atoms with E-state index in [-0.39, 0.29) is 23.0 Å². The first kappa shape index (κ1) is 15.8. The van der Waals surface area contributed by atoms with Crippen LogP contribution in [0, 0.1) is 0 Å². The summed E-state index contributed by atoms with van der Waals surface area (Å²) in [5.41, 5.74) is 1.70. The van der Waals surface area contributed by atoms with E-state index >= 15 is 0 Å². The average molecular weight is 333 g/mol. The molecule has 2 amide bonds. The van der Waals surface area contributed by atoms with Gasteiger partial charge in [-0.15, -0.1) is 0 Å². The fourth-order valence-electron chi connectivity index (χ4n) is 4.02. The number of fused-ring (bicyclic) bond motifs is 1. The average Bonchev–Trinajstić information content (AvgIpc) is 2.90. The molecule has 0 bridgehead atoms. The van der Waals surface area contributed by atoms with Crippen LogP contribution in [0.3, 0.4) is 0 Å². The van der Waals surface area contributed by atoms with E-state index in [0.717, 1.165) is 5.56 Å². The van der Waals surface area contributed by atoms with Gasteiger partial charge in [-0.25, -0.2) is 0 Å². The van der Waals surface area contributed by atoms with E-state index in [1.54, 1.807) is 24.3 Å². The molecule has 126 valence electrons. The van der Waals surface area contributed by atoms with Gasteiger partial charge in [0.15, 0.2) is 0 Å². The van der Waals surface area contributed by atoms with Gasteiger partial charge in [0.05, 0.1) is 11.1 Å². The Hall–Kier alpha value is -2.75. The van der Waals surface area contributed by atoms with Gasteiger partial charge in [-0.1, -0.05) is 42.5 Å². The van der Waals surface area contributed by atoms with Crippen LogP contribution in [0.15, 0.2) is 54.6 Å². The number of hydrogen-bond donors (Lipinski definition) is 0. The van der Waals surface area contributed by atoms with Gasteiger partial charge in [-0.3, -0.25) is 19.3 Å². The fourth-order valence-corrected chi connectivity index (χ4v) is 4.02. The van der Waals surface area contributed by atoms with Gasteiger partial charge in [0.2, 0.25) is 0 Å². The van der Waals surface area contributed by atoms with Crippen molar-refractivity contribution in [1.82, 2.24) is 4.90 Å². The van der Waals surface area contributed by atoms with Crippen LogP contribution in [0.2, 0.25) is 0 Å². The SMILES string of the molecule is O=C1CCC(CN2C(=O)c3ccccc3C2=O)(c2ccccc2)CC1. The zero-order chi connectivity index (χ0) is 17.4. The molecule has 2 aromatic rings. The summed E-state index contributed by atoms with van der Waals surface area (Å²) in [5.74, 6) is -0.200. The monoisotopic (exact) mass is 333 g/mol. The Bertz CT molecular complexity index is 811. The molecule has 2 aromatic carbocycles. The standard InChI is InChI=1S/C21H19NO3/c23-16-10-12-21(13-11-16,15-6-2-1-3-7-15)14-22-19(24)17-8-4-5-9-18(17)20(22)25/h1-9H,10-14H2. The lowest BCUT2D eigenvalue weighted by Crippen LogP contribution is -2.45. The number of carbonyl (C=O) groups is 3. The van der Waals surface area contributed by atoms with Crippen molar-refractivity contribution in [1.29, 1.82) is 0 Å². The molecule has 0 unspecified atom stereocenters. The van der Waals surface area contributed by atoms with Gasteiger partial charge in [0, 0.05) is 24.8 Å². The van der Waals surface area contributed by atoms with Crippen LogP contribution < -0.4 is 0 Å². The third kappa shape index (κ3) is 2.58. The highest BCUT2D eigenvalue weighted by Crippen LogP contribution is 2.40. The Balaban J connectivity index is 1.70. The third-order valence-electron chi connectivity index (χ3n) is 5.49. The minimum Gasteiger partial charge on any atom is -0.300 e. The molecule has 4 nitrogen and oxygen atoms in total. The molecule has 4 heteroatoms. The number of ketones is 1. The molecule has 0 saturated heterocycles. The van der Waals surface area contributed by atoms with Crippen molar-refractivity contribution in [2.24, 2.45) is 0 Å². The van der Waals surface area contributed by atoms with E-state index in [9.17, 15) is 14.4 Å². The second-order valence-corrected chi connectivity index (χ2v) is 6.93. The smallest absolute Gasteiger partial charge is 0.261 e. The first-order valence-corrected chi connectivity index (χ1v) is 8.63. The zero-order valence-corrected chi connectivity index (χ0v) is 13.9. The van der Waals surface area contributed by atoms with Crippen molar-refractivity contribution >= 4 is 17.6 Å². The van der Waals surface area contributed by atoms with Gasteiger partial charge in [-0.2, -0.15) is 0 Å². The van der Waals surface area contributed by atoms with E-state index in [1.165, 1.54) is 4.90 Å². The van der Waals surface area contributed by atoms with Crippen molar-refractivity contribution in [2.45, 2.75) is 31.1 Å². The van der Waals surface area contributed by atoms with Crippen LogP contribution in [-0.4, -0.2) is 29.0 Å². The number of nitrogens with zero attached hydrogens (tertiary/aromatic N) is 1. The van der Waals surface area contributed by atoms with E-state index in [2.05, 4.69) is 0 Å². The minimum absolute atomic E-state index is 0.229. The summed E-state index contributed by atoms with van der Waals surface area (Å²) in [5, 5.41) is 0. The predicted molar refractivity (Wildman–Crippen MR) is 93.4 cm³/mol. The first-order valence-electron chi connectivity index (χ1n) is 8.63. The Morgan fingerprint density at radius 1 is 0.760 bits per heavy atom. The van der Waals surface area contributed by atoms with Crippen molar-refractivity contribution in [2.75, 3.05) is 6.54 Å². The molecule has 4 rings (SSSR count). The predicted octanol–water partition coefficient (Wildman–Crippen LogP) is 3.36. The van der Waals surface area contributed by atoms with E-state index in [4.69, 9.17) is 0 Å². The van der Waals surface area contributed by atoms with Crippen LogP contribution >= 0.6 is 0 Å². The molecule has 25 heavy (non-hydrogen) atoms. The lowest BCUT2D eigenvalue weighted by atomic mass is 9.68. The zero-order valence-electron chi connectivity index (χ0n) is 13.9. The summed E-state index contributed by atoms with van der Waals surface area (Å²) >= 11 is 0. The van der Waals surface area contributed by atoms with Crippen molar-refractivity contribution in [3.63, 3.8) is 0 Å². The molecular formula is C21H19NO3. The topological polar surface area (TPSA) is 54.5 Å². The Morgan fingerprint density at radius 2 is 1.28 bits per heavy atom. The van der Waals surface area contributed by atoms with E-state index in [0.29, 0.717) is 43.4 Å². The highest BCUT2D eigenvalue weighted by molar-refractivity contribution is 6.21. The maximum atomic E-state index is 12.8. The molecular weight excluding hydrogens is 314 g/mol. The Labute approximate surface area is 146 Å². The van der Waals surface area contributed by atoms with E-state index in [1.807, 2.05) is 30.3 Å². The molecule has 2 aliphatic rings. The number of imide groups is 1. The van der Waals surface area contributed by atoms with Crippen LogP contribution in [0.25, 0.3) is 0 Å². The molecule has 0 N–H and O–H groups in total. The van der Waals surface area contributed by atoms with Crippen molar-refractivity contribution < 1.29 is 14.4 Å². The second kappa shape index (κ2) is 5.96. The quantitative estimate of drug-likeness (QED) is 0.809. The number of benzene rings is 2.